The van der Waals surface area contributed by atoms with Crippen molar-refractivity contribution in [2.45, 2.75) is 52.5 Å². The number of hydrogen-bond donors (Lipinski definition) is 2. The predicted molar refractivity (Wildman–Crippen MR) is 113 cm³/mol. The Morgan fingerprint density at radius 3 is 2.25 bits per heavy atom. The van der Waals surface area contributed by atoms with Crippen LogP contribution in [0, 0.1) is 0 Å². The molecule has 0 radical (unpaired) electrons. The van der Waals surface area contributed by atoms with E-state index < -0.39 is 0 Å². The predicted octanol–water partition coefficient (Wildman–Crippen LogP) is 5.04. The van der Waals surface area contributed by atoms with Crippen molar-refractivity contribution < 1.29 is 14.3 Å². The molecule has 2 rings (SSSR count). The van der Waals surface area contributed by atoms with Gasteiger partial charge < -0.3 is 15.4 Å². The third-order valence-electron chi connectivity index (χ3n) is 4.03. The van der Waals surface area contributed by atoms with Crippen molar-refractivity contribution in [3.05, 3.63) is 59.7 Å². The zero-order chi connectivity index (χ0) is 20.6. The average molecular weight is 383 g/mol. The lowest BCUT2D eigenvalue weighted by Crippen LogP contribution is -2.40. The topological polar surface area (TPSA) is 67.4 Å². The third kappa shape index (κ3) is 6.72. The highest BCUT2D eigenvalue weighted by Crippen LogP contribution is 2.20. The van der Waals surface area contributed by atoms with E-state index in [0.29, 0.717) is 29.2 Å². The molecule has 0 spiro atoms. The number of amides is 2. The Kier molecular flexibility index (Phi) is 7.61. The molecule has 0 heterocycles. The zero-order valence-corrected chi connectivity index (χ0v) is 17.2. The van der Waals surface area contributed by atoms with Crippen molar-refractivity contribution in [3.8, 4) is 5.75 Å². The largest absolute Gasteiger partial charge is 0.493 e. The summed E-state index contributed by atoms with van der Waals surface area (Å²) in [5, 5.41) is 5.78. The minimum Gasteiger partial charge on any atom is -0.493 e. The van der Waals surface area contributed by atoms with E-state index in [2.05, 4.69) is 17.6 Å². The highest BCUT2D eigenvalue weighted by molar-refractivity contribution is 6.06. The van der Waals surface area contributed by atoms with Gasteiger partial charge in [-0.15, -0.1) is 0 Å². The van der Waals surface area contributed by atoms with Gasteiger partial charge in [-0.25, -0.2) is 0 Å². The number of carbonyl (C=O) groups is 2. The molecule has 0 atom stereocenters. The van der Waals surface area contributed by atoms with Crippen molar-refractivity contribution in [1.82, 2.24) is 5.32 Å². The van der Waals surface area contributed by atoms with Gasteiger partial charge in [-0.05, 0) is 63.6 Å². The highest BCUT2D eigenvalue weighted by atomic mass is 16.5. The van der Waals surface area contributed by atoms with Crippen LogP contribution in [0.1, 0.15) is 67.7 Å². The monoisotopic (exact) mass is 382 g/mol. The molecule has 2 amide bonds. The van der Waals surface area contributed by atoms with Crippen molar-refractivity contribution in [2.24, 2.45) is 0 Å². The fourth-order valence-electron chi connectivity index (χ4n) is 2.63. The lowest BCUT2D eigenvalue weighted by molar-refractivity contribution is 0.0919. The number of benzene rings is 2. The van der Waals surface area contributed by atoms with Gasteiger partial charge in [0, 0.05) is 16.8 Å². The van der Waals surface area contributed by atoms with E-state index in [9.17, 15) is 9.59 Å². The van der Waals surface area contributed by atoms with E-state index in [1.165, 1.54) is 0 Å². The van der Waals surface area contributed by atoms with Crippen LogP contribution in [-0.2, 0) is 0 Å². The van der Waals surface area contributed by atoms with E-state index >= 15 is 0 Å². The number of anilines is 1. The van der Waals surface area contributed by atoms with Crippen molar-refractivity contribution >= 4 is 17.5 Å². The maximum absolute atomic E-state index is 12.7. The number of hydrogen-bond acceptors (Lipinski definition) is 3. The molecule has 0 aliphatic carbocycles. The molecule has 0 unspecified atom stereocenters. The third-order valence-corrected chi connectivity index (χ3v) is 4.03. The molecule has 2 aromatic rings. The van der Waals surface area contributed by atoms with Crippen molar-refractivity contribution in [1.29, 1.82) is 0 Å². The Morgan fingerprint density at radius 2 is 1.61 bits per heavy atom. The summed E-state index contributed by atoms with van der Waals surface area (Å²) in [7, 11) is 0. The standard InChI is InChI=1S/C23H30N2O3/c1-5-6-9-16-28-20-11-8-7-10-19(20)22(27)24-18-14-12-17(13-15-18)21(26)25-23(2,3)4/h7-8,10-15H,5-6,9,16H2,1-4H3,(H,24,27)(H,25,26). The SMILES string of the molecule is CCCCCOc1ccccc1C(=O)Nc1ccc(C(=O)NC(C)(C)C)cc1. The van der Waals surface area contributed by atoms with Gasteiger partial charge in [0.05, 0.1) is 12.2 Å². The van der Waals surface area contributed by atoms with Gasteiger partial charge in [0.2, 0.25) is 0 Å². The van der Waals surface area contributed by atoms with E-state index in [-0.39, 0.29) is 17.4 Å². The summed E-state index contributed by atoms with van der Waals surface area (Å²) in [5.41, 5.74) is 1.37. The molecule has 0 aromatic heterocycles. The molecule has 0 aliphatic heterocycles. The van der Waals surface area contributed by atoms with Gasteiger partial charge in [-0.1, -0.05) is 31.9 Å². The van der Waals surface area contributed by atoms with Crippen molar-refractivity contribution in [3.63, 3.8) is 0 Å². The number of nitrogens with one attached hydrogen (secondary N) is 2. The molecule has 5 nitrogen and oxygen atoms in total. The number of ether oxygens (including phenoxy) is 1. The maximum atomic E-state index is 12.7. The second-order valence-electron chi connectivity index (χ2n) is 7.79. The summed E-state index contributed by atoms with van der Waals surface area (Å²) in [6, 6.07) is 14.1. The molecule has 2 aromatic carbocycles. The maximum Gasteiger partial charge on any atom is 0.259 e. The summed E-state index contributed by atoms with van der Waals surface area (Å²) < 4.78 is 5.78. The number of unbranched alkanes of at least 4 members (excludes halogenated alkanes) is 2. The fourth-order valence-corrected chi connectivity index (χ4v) is 2.63. The molecule has 0 saturated carbocycles. The van der Waals surface area contributed by atoms with Gasteiger partial charge in [-0.3, -0.25) is 9.59 Å². The summed E-state index contributed by atoms with van der Waals surface area (Å²) >= 11 is 0. The molecular formula is C23H30N2O3. The van der Waals surface area contributed by atoms with Gasteiger partial charge >= 0.3 is 0 Å². The first kappa shape index (κ1) is 21.5. The molecule has 5 heteroatoms. The van der Waals surface area contributed by atoms with Crippen LogP contribution >= 0.6 is 0 Å². The van der Waals surface area contributed by atoms with E-state index in [1.807, 2.05) is 32.9 Å². The molecule has 150 valence electrons. The van der Waals surface area contributed by atoms with Crippen LogP contribution in [0.15, 0.2) is 48.5 Å². The second kappa shape index (κ2) is 9.93. The highest BCUT2D eigenvalue weighted by Gasteiger charge is 2.16. The number of carbonyl (C=O) groups excluding carboxylic acids is 2. The smallest absolute Gasteiger partial charge is 0.259 e. The van der Waals surface area contributed by atoms with Gasteiger partial charge in [0.1, 0.15) is 5.75 Å². The number of para-hydroxylation sites is 1. The Balaban J connectivity index is 2.02. The van der Waals surface area contributed by atoms with E-state index in [0.717, 1.165) is 19.3 Å². The van der Waals surface area contributed by atoms with Crippen LogP contribution in [-0.4, -0.2) is 24.0 Å². The van der Waals surface area contributed by atoms with E-state index in [1.54, 1.807) is 36.4 Å². The van der Waals surface area contributed by atoms with Crippen LogP contribution in [0.3, 0.4) is 0 Å². The molecule has 0 fully saturated rings. The summed E-state index contributed by atoms with van der Waals surface area (Å²) in [6.45, 7) is 8.53. The minimum atomic E-state index is -0.301. The first-order valence-electron chi connectivity index (χ1n) is 9.76. The first-order valence-corrected chi connectivity index (χ1v) is 9.76. The second-order valence-corrected chi connectivity index (χ2v) is 7.79. The van der Waals surface area contributed by atoms with Crippen LogP contribution < -0.4 is 15.4 Å². The molecule has 2 N–H and O–H groups in total. The summed E-state index contributed by atoms with van der Waals surface area (Å²) in [5.74, 6) is 0.200. The Bertz CT molecular complexity index is 792. The number of rotatable bonds is 8. The Labute approximate surface area is 167 Å². The van der Waals surface area contributed by atoms with Gasteiger partial charge in [0.25, 0.3) is 11.8 Å². The first-order chi connectivity index (χ1) is 13.3. The average Bonchev–Trinajstić information content (AvgIpc) is 2.64. The zero-order valence-electron chi connectivity index (χ0n) is 17.2. The minimum absolute atomic E-state index is 0.142. The van der Waals surface area contributed by atoms with Crippen LogP contribution in [0.4, 0.5) is 5.69 Å². The van der Waals surface area contributed by atoms with Crippen LogP contribution in [0.2, 0.25) is 0 Å². The Morgan fingerprint density at radius 1 is 0.929 bits per heavy atom. The summed E-state index contributed by atoms with van der Waals surface area (Å²) in [4.78, 5) is 24.9. The molecule has 0 bridgehead atoms. The molecule has 28 heavy (non-hydrogen) atoms. The molecular weight excluding hydrogens is 352 g/mol. The van der Waals surface area contributed by atoms with Crippen LogP contribution in [0.5, 0.6) is 5.75 Å². The van der Waals surface area contributed by atoms with Gasteiger partial charge in [0.15, 0.2) is 0 Å². The Hall–Kier alpha value is -2.82. The van der Waals surface area contributed by atoms with Gasteiger partial charge in [-0.2, -0.15) is 0 Å². The lowest BCUT2D eigenvalue weighted by atomic mass is 10.1. The van der Waals surface area contributed by atoms with E-state index in [4.69, 9.17) is 4.74 Å². The van der Waals surface area contributed by atoms with Crippen molar-refractivity contribution in [2.75, 3.05) is 11.9 Å². The fraction of sp³-hybridized carbons (Fsp3) is 0.391. The normalized spacial score (nSPS) is 11.0. The molecule has 0 saturated heterocycles. The summed E-state index contributed by atoms with van der Waals surface area (Å²) in [6.07, 6.45) is 3.18. The quantitative estimate of drug-likeness (QED) is 0.629. The lowest BCUT2D eigenvalue weighted by Gasteiger charge is -2.20. The molecule has 0 aliphatic rings. The van der Waals surface area contributed by atoms with Crippen LogP contribution in [0.25, 0.3) is 0 Å².